The van der Waals surface area contributed by atoms with Crippen LogP contribution in [0, 0.1) is 0 Å². The van der Waals surface area contributed by atoms with E-state index in [0.717, 1.165) is 25.9 Å². The van der Waals surface area contributed by atoms with E-state index in [1.54, 1.807) is 42.5 Å². The summed E-state index contributed by atoms with van der Waals surface area (Å²) in [5.41, 5.74) is 2.65. The molecule has 7 heteroatoms. The number of anilines is 1. The van der Waals surface area contributed by atoms with E-state index in [1.807, 2.05) is 42.5 Å². The topological polar surface area (TPSA) is 102 Å². The normalized spacial score (nSPS) is 16.2. The average molecular weight is 486 g/mol. The molecule has 1 fully saturated rings. The van der Waals surface area contributed by atoms with Crippen molar-refractivity contribution in [2.75, 3.05) is 25.0 Å². The Hall–Kier alpha value is -3.81. The van der Waals surface area contributed by atoms with Crippen LogP contribution in [0.5, 0.6) is 0 Å². The largest absolute Gasteiger partial charge is 0.480 e. The van der Waals surface area contributed by atoms with Crippen molar-refractivity contribution < 1.29 is 19.8 Å². The van der Waals surface area contributed by atoms with Crippen molar-refractivity contribution in [1.29, 1.82) is 0 Å². The van der Waals surface area contributed by atoms with Crippen LogP contribution in [-0.4, -0.2) is 58.4 Å². The van der Waals surface area contributed by atoms with Crippen LogP contribution in [-0.2, 0) is 9.59 Å². The second-order valence-corrected chi connectivity index (χ2v) is 8.91. The molecule has 2 atom stereocenters. The number of rotatable bonds is 9. The molecule has 0 spiro atoms. The molecule has 0 aliphatic carbocycles. The number of aliphatic hydroxyl groups excluding tert-OH is 1. The maximum Gasteiger partial charge on any atom is 0.331 e. The van der Waals surface area contributed by atoms with Crippen LogP contribution >= 0.6 is 0 Å². The standard InChI is InChI=1S/C29H31N3O4/c33-25(20-32-18-10-3-11-19-32)30-24-17-9-8-16-23(24)26(21-12-4-1-5-13-21)31-27(29(35)36)28(34)22-14-6-2-7-15-22/h1-2,4-9,12-17,27-28,34H,3,10-11,18-20H2,(H,30,33)(H,35,36)/t27-,28+/m0/s1. The Labute approximate surface area is 211 Å². The first-order chi connectivity index (χ1) is 17.5. The van der Waals surface area contributed by atoms with E-state index in [2.05, 4.69) is 15.2 Å². The summed E-state index contributed by atoms with van der Waals surface area (Å²) in [5, 5.41) is 23.9. The third kappa shape index (κ3) is 6.44. The third-order valence-electron chi connectivity index (χ3n) is 6.28. The number of carboxylic acids is 1. The predicted molar refractivity (Wildman–Crippen MR) is 140 cm³/mol. The van der Waals surface area contributed by atoms with E-state index in [0.29, 0.717) is 34.6 Å². The predicted octanol–water partition coefficient (Wildman–Crippen LogP) is 4.14. The van der Waals surface area contributed by atoms with Crippen molar-refractivity contribution in [3.63, 3.8) is 0 Å². The number of benzene rings is 3. The van der Waals surface area contributed by atoms with Gasteiger partial charge in [0.05, 0.1) is 17.9 Å². The van der Waals surface area contributed by atoms with Crippen molar-refractivity contribution in [2.24, 2.45) is 4.99 Å². The summed E-state index contributed by atoms with van der Waals surface area (Å²) in [4.78, 5) is 31.9. The molecule has 3 aromatic rings. The fraction of sp³-hybridized carbons (Fsp3) is 0.276. The Morgan fingerprint density at radius 2 is 1.47 bits per heavy atom. The van der Waals surface area contributed by atoms with Gasteiger partial charge in [-0.2, -0.15) is 0 Å². The fourth-order valence-corrected chi connectivity index (χ4v) is 4.44. The van der Waals surface area contributed by atoms with Crippen LogP contribution in [0.25, 0.3) is 0 Å². The number of nitrogens with one attached hydrogen (secondary N) is 1. The van der Waals surface area contributed by atoms with Crippen molar-refractivity contribution >= 4 is 23.3 Å². The number of carbonyl (C=O) groups is 2. The minimum atomic E-state index is -1.44. The molecular formula is C29H31N3O4. The molecule has 186 valence electrons. The molecule has 0 bridgehead atoms. The molecule has 0 radical (unpaired) electrons. The van der Waals surface area contributed by atoms with Crippen LogP contribution in [0.3, 0.4) is 0 Å². The zero-order chi connectivity index (χ0) is 25.3. The van der Waals surface area contributed by atoms with Gasteiger partial charge < -0.3 is 15.5 Å². The summed E-state index contributed by atoms with van der Waals surface area (Å²) in [6, 6.07) is 23.6. The zero-order valence-corrected chi connectivity index (χ0v) is 20.1. The molecule has 1 aliphatic rings. The molecule has 1 amide bonds. The van der Waals surface area contributed by atoms with Crippen molar-refractivity contribution in [3.05, 3.63) is 102 Å². The number of aliphatic imine (C=N–C) groups is 1. The highest BCUT2D eigenvalue weighted by Gasteiger charge is 2.29. The van der Waals surface area contributed by atoms with E-state index < -0.39 is 18.1 Å². The van der Waals surface area contributed by atoms with Gasteiger partial charge in [-0.05, 0) is 37.6 Å². The molecule has 1 aliphatic heterocycles. The van der Waals surface area contributed by atoms with Crippen LogP contribution < -0.4 is 5.32 Å². The van der Waals surface area contributed by atoms with Crippen LogP contribution in [0.2, 0.25) is 0 Å². The van der Waals surface area contributed by atoms with Crippen molar-refractivity contribution in [1.82, 2.24) is 4.90 Å². The first-order valence-corrected chi connectivity index (χ1v) is 12.2. The maximum absolute atomic E-state index is 12.9. The first-order valence-electron chi connectivity index (χ1n) is 12.2. The Morgan fingerprint density at radius 1 is 0.861 bits per heavy atom. The highest BCUT2D eigenvalue weighted by Crippen LogP contribution is 2.25. The summed E-state index contributed by atoms with van der Waals surface area (Å²) in [6.07, 6.45) is 2.03. The Bertz CT molecular complexity index is 1190. The summed E-state index contributed by atoms with van der Waals surface area (Å²) >= 11 is 0. The second kappa shape index (κ2) is 12.2. The molecule has 0 aromatic heterocycles. The lowest BCUT2D eigenvalue weighted by molar-refractivity contribution is -0.141. The first kappa shape index (κ1) is 25.3. The number of carboxylic acid groups (broad SMARTS) is 1. The lowest BCUT2D eigenvalue weighted by Gasteiger charge is -2.26. The van der Waals surface area contributed by atoms with Gasteiger partial charge in [0, 0.05) is 11.1 Å². The van der Waals surface area contributed by atoms with E-state index in [1.165, 1.54) is 6.42 Å². The number of para-hydroxylation sites is 1. The van der Waals surface area contributed by atoms with E-state index in [9.17, 15) is 19.8 Å². The number of piperidine rings is 1. The minimum Gasteiger partial charge on any atom is -0.480 e. The summed E-state index contributed by atoms with van der Waals surface area (Å²) in [5.74, 6) is -1.37. The molecule has 0 unspecified atom stereocenters. The zero-order valence-electron chi connectivity index (χ0n) is 20.1. The van der Waals surface area contributed by atoms with Gasteiger partial charge in [-0.1, -0.05) is 85.3 Å². The fourth-order valence-electron chi connectivity index (χ4n) is 4.44. The average Bonchev–Trinajstić information content (AvgIpc) is 2.91. The van der Waals surface area contributed by atoms with Crippen molar-refractivity contribution in [2.45, 2.75) is 31.4 Å². The summed E-state index contributed by atoms with van der Waals surface area (Å²) in [7, 11) is 0. The smallest absolute Gasteiger partial charge is 0.331 e. The number of likely N-dealkylation sites (tertiary alicyclic amines) is 1. The molecule has 4 rings (SSSR count). The lowest BCUT2D eigenvalue weighted by atomic mass is 9.98. The molecular weight excluding hydrogens is 454 g/mol. The van der Waals surface area contributed by atoms with E-state index >= 15 is 0 Å². The van der Waals surface area contributed by atoms with Gasteiger partial charge in [0.25, 0.3) is 0 Å². The van der Waals surface area contributed by atoms with Gasteiger partial charge in [0.15, 0.2) is 6.04 Å². The number of nitrogens with zero attached hydrogens (tertiary/aromatic N) is 2. The number of aliphatic hydroxyl groups is 1. The van der Waals surface area contributed by atoms with Crippen LogP contribution in [0.15, 0.2) is 89.9 Å². The molecule has 7 nitrogen and oxygen atoms in total. The van der Waals surface area contributed by atoms with Gasteiger partial charge >= 0.3 is 5.97 Å². The summed E-state index contributed by atoms with van der Waals surface area (Å²) in [6.45, 7) is 2.11. The number of carbonyl (C=O) groups excluding carboxylic acids is 1. The lowest BCUT2D eigenvalue weighted by Crippen LogP contribution is -2.37. The molecule has 36 heavy (non-hydrogen) atoms. The highest BCUT2D eigenvalue weighted by molar-refractivity contribution is 6.17. The summed E-state index contributed by atoms with van der Waals surface area (Å²) < 4.78 is 0. The molecule has 1 heterocycles. The van der Waals surface area contributed by atoms with Crippen molar-refractivity contribution in [3.8, 4) is 0 Å². The Morgan fingerprint density at radius 3 is 2.14 bits per heavy atom. The quantitative estimate of drug-likeness (QED) is 0.396. The third-order valence-corrected chi connectivity index (χ3v) is 6.28. The van der Waals surface area contributed by atoms with Crippen LogP contribution in [0.1, 0.15) is 42.1 Å². The minimum absolute atomic E-state index is 0.129. The van der Waals surface area contributed by atoms with E-state index in [-0.39, 0.29) is 5.91 Å². The molecule has 1 saturated heterocycles. The monoisotopic (exact) mass is 485 g/mol. The number of hydrogen-bond acceptors (Lipinski definition) is 5. The van der Waals surface area contributed by atoms with Gasteiger partial charge in [-0.15, -0.1) is 0 Å². The maximum atomic E-state index is 12.9. The van der Waals surface area contributed by atoms with Gasteiger partial charge in [0.2, 0.25) is 5.91 Å². The highest BCUT2D eigenvalue weighted by atomic mass is 16.4. The van der Waals surface area contributed by atoms with Gasteiger partial charge in [-0.3, -0.25) is 14.7 Å². The van der Waals surface area contributed by atoms with Gasteiger partial charge in [0.1, 0.15) is 6.10 Å². The molecule has 0 saturated carbocycles. The van der Waals surface area contributed by atoms with Crippen LogP contribution in [0.4, 0.5) is 5.69 Å². The molecule has 3 N–H and O–H groups in total. The number of hydrogen-bond donors (Lipinski definition) is 3. The Balaban J connectivity index is 1.70. The van der Waals surface area contributed by atoms with E-state index in [4.69, 9.17) is 0 Å². The Kier molecular flexibility index (Phi) is 8.60. The molecule has 3 aromatic carbocycles. The number of aliphatic carboxylic acids is 1. The number of amides is 1. The SMILES string of the molecule is O=C(CN1CCCCC1)Nc1ccccc1C(=N[C@H](C(=O)O)[C@H](O)c1ccccc1)c1ccccc1. The second-order valence-electron chi connectivity index (χ2n) is 8.91. The van der Waals surface area contributed by atoms with Gasteiger partial charge in [-0.25, -0.2) is 4.79 Å².